The van der Waals surface area contributed by atoms with E-state index in [0.29, 0.717) is 0 Å². The molecule has 0 amide bonds. The molecule has 2 N–H and O–H groups in total. The number of ether oxygens (including phenoxy) is 1. The van der Waals surface area contributed by atoms with Crippen LogP contribution in [0.25, 0.3) is 0 Å². The number of esters is 1. The molecule has 0 aromatic heterocycles. The summed E-state index contributed by atoms with van der Waals surface area (Å²) in [4.78, 5) is 9.59. The van der Waals surface area contributed by atoms with Crippen LogP contribution in [0.1, 0.15) is 27.7 Å². The summed E-state index contributed by atoms with van der Waals surface area (Å²) >= 11 is 0. The van der Waals surface area contributed by atoms with Gasteiger partial charge in [0.1, 0.15) is 0 Å². The van der Waals surface area contributed by atoms with Crippen LogP contribution in [0.2, 0.25) is 0 Å². The van der Waals surface area contributed by atoms with E-state index in [2.05, 4.69) is 4.74 Å². The molecule has 0 aromatic carbocycles. The van der Waals surface area contributed by atoms with E-state index in [4.69, 9.17) is 10.2 Å². The molecular weight excluding hydrogens is 160 g/mol. The SMILES string of the molecule is CC(C)O.CCO.COC(C)=O. The Morgan fingerprint density at radius 2 is 1.58 bits per heavy atom. The molecule has 0 heterocycles. The Balaban J connectivity index is -0.000000105. The second-order valence-electron chi connectivity index (χ2n) is 2.11. The standard InChI is InChI=1S/C3H6O2.C3H8O.C2H6O/c1-3(4)5-2;1-3(2)4;1-2-3/h1-2H3;3-4H,1-2H3;3H,2H2,1H3. The topological polar surface area (TPSA) is 66.8 Å². The zero-order chi connectivity index (χ0) is 10.6. The first kappa shape index (κ1) is 17.5. The predicted octanol–water partition coefficient (Wildman–Crippen LogP) is 0.565. The first-order valence-corrected chi connectivity index (χ1v) is 3.75. The Bertz CT molecular complexity index is 78.4. The molecule has 0 rings (SSSR count). The number of hydrogen-bond donors (Lipinski definition) is 2. The van der Waals surface area contributed by atoms with Crippen molar-refractivity contribution < 1.29 is 19.7 Å². The van der Waals surface area contributed by atoms with E-state index in [-0.39, 0.29) is 18.7 Å². The van der Waals surface area contributed by atoms with Crippen molar-refractivity contribution in [3.05, 3.63) is 0 Å². The summed E-state index contributed by atoms with van der Waals surface area (Å²) in [6.07, 6.45) is -0.167. The van der Waals surface area contributed by atoms with Crippen molar-refractivity contribution in [2.45, 2.75) is 33.8 Å². The van der Waals surface area contributed by atoms with Gasteiger partial charge in [0.15, 0.2) is 0 Å². The maximum Gasteiger partial charge on any atom is 0.302 e. The van der Waals surface area contributed by atoms with Gasteiger partial charge in [-0.1, -0.05) is 0 Å². The van der Waals surface area contributed by atoms with E-state index >= 15 is 0 Å². The maximum absolute atomic E-state index is 9.59. The summed E-state index contributed by atoms with van der Waals surface area (Å²) in [7, 11) is 1.35. The van der Waals surface area contributed by atoms with Crippen LogP contribution in [0.15, 0.2) is 0 Å². The molecule has 0 saturated carbocycles. The molecule has 4 heteroatoms. The summed E-state index contributed by atoms with van der Waals surface area (Å²) in [5, 5.41) is 15.6. The number of methoxy groups -OCH3 is 1. The lowest BCUT2D eigenvalue weighted by Gasteiger charge is -1.80. The summed E-state index contributed by atoms with van der Waals surface area (Å²) in [6, 6.07) is 0. The molecule has 0 fully saturated rings. The van der Waals surface area contributed by atoms with Crippen molar-refractivity contribution in [3.63, 3.8) is 0 Å². The highest BCUT2D eigenvalue weighted by Gasteiger charge is 1.75. The second-order valence-corrected chi connectivity index (χ2v) is 2.11. The zero-order valence-corrected chi connectivity index (χ0v) is 8.50. The molecule has 0 saturated heterocycles. The van der Waals surface area contributed by atoms with Gasteiger partial charge < -0.3 is 14.9 Å². The molecule has 0 unspecified atom stereocenters. The summed E-state index contributed by atoms with van der Waals surface area (Å²) < 4.78 is 4.11. The Morgan fingerprint density at radius 1 is 1.50 bits per heavy atom. The molecule has 0 bridgehead atoms. The molecule has 0 aliphatic heterocycles. The van der Waals surface area contributed by atoms with Crippen molar-refractivity contribution in [2.75, 3.05) is 13.7 Å². The van der Waals surface area contributed by atoms with Crippen molar-refractivity contribution >= 4 is 5.97 Å². The lowest BCUT2D eigenvalue weighted by atomic mass is 10.5. The molecule has 0 atom stereocenters. The van der Waals surface area contributed by atoms with Crippen molar-refractivity contribution in [2.24, 2.45) is 0 Å². The van der Waals surface area contributed by atoms with Crippen LogP contribution < -0.4 is 0 Å². The molecule has 4 nitrogen and oxygen atoms in total. The van der Waals surface area contributed by atoms with E-state index in [1.54, 1.807) is 20.8 Å². The van der Waals surface area contributed by atoms with Gasteiger partial charge >= 0.3 is 5.97 Å². The van der Waals surface area contributed by atoms with Crippen molar-refractivity contribution in [1.29, 1.82) is 0 Å². The van der Waals surface area contributed by atoms with Gasteiger partial charge in [0.25, 0.3) is 0 Å². The summed E-state index contributed by atoms with van der Waals surface area (Å²) in [6.45, 7) is 6.74. The molecule has 0 spiro atoms. The lowest BCUT2D eigenvalue weighted by molar-refractivity contribution is -0.137. The highest BCUT2D eigenvalue weighted by atomic mass is 16.5. The fourth-order valence-electron chi connectivity index (χ4n) is 0. The van der Waals surface area contributed by atoms with Crippen LogP contribution in [0.5, 0.6) is 0 Å². The van der Waals surface area contributed by atoms with Gasteiger partial charge in [0.2, 0.25) is 0 Å². The molecule has 12 heavy (non-hydrogen) atoms. The molecule has 0 aliphatic rings. The van der Waals surface area contributed by atoms with E-state index < -0.39 is 0 Å². The summed E-state index contributed by atoms with van der Waals surface area (Å²) in [5.41, 5.74) is 0. The molecular formula is C8H20O4. The first-order chi connectivity index (χ1) is 5.42. The number of aliphatic hydroxyl groups excluding tert-OH is 2. The maximum atomic E-state index is 9.59. The highest BCUT2D eigenvalue weighted by molar-refractivity contribution is 5.65. The first-order valence-electron chi connectivity index (χ1n) is 3.75. The van der Waals surface area contributed by atoms with Crippen LogP contribution in [0.3, 0.4) is 0 Å². The monoisotopic (exact) mass is 180 g/mol. The highest BCUT2D eigenvalue weighted by Crippen LogP contribution is 1.65. The average molecular weight is 180 g/mol. The third-order valence-electron chi connectivity index (χ3n) is 0.287. The van der Waals surface area contributed by atoms with Crippen LogP contribution >= 0.6 is 0 Å². The number of hydrogen-bond acceptors (Lipinski definition) is 4. The smallest absolute Gasteiger partial charge is 0.302 e. The molecule has 76 valence electrons. The van der Waals surface area contributed by atoms with Crippen LogP contribution in [-0.4, -0.2) is 36.0 Å². The van der Waals surface area contributed by atoms with Gasteiger partial charge in [-0.2, -0.15) is 0 Å². The van der Waals surface area contributed by atoms with Gasteiger partial charge in [-0.15, -0.1) is 0 Å². The Morgan fingerprint density at radius 3 is 1.58 bits per heavy atom. The average Bonchev–Trinajstić information content (AvgIpc) is 1.88. The van der Waals surface area contributed by atoms with Gasteiger partial charge in [-0.25, -0.2) is 0 Å². The third kappa shape index (κ3) is 342. The summed E-state index contributed by atoms with van der Waals surface area (Å²) in [5.74, 6) is -0.245. The van der Waals surface area contributed by atoms with Gasteiger partial charge in [-0.05, 0) is 20.8 Å². The Kier molecular flexibility index (Phi) is 24.4. The van der Waals surface area contributed by atoms with E-state index in [1.807, 2.05) is 0 Å². The van der Waals surface area contributed by atoms with Crippen molar-refractivity contribution in [3.8, 4) is 0 Å². The minimum atomic E-state index is -0.245. The number of aliphatic hydroxyl groups is 2. The normalized spacial score (nSPS) is 7.33. The van der Waals surface area contributed by atoms with Gasteiger partial charge in [0.05, 0.1) is 7.11 Å². The fraction of sp³-hybridized carbons (Fsp3) is 0.875. The second kappa shape index (κ2) is 16.8. The molecule has 0 aliphatic carbocycles. The van der Waals surface area contributed by atoms with Crippen LogP contribution in [-0.2, 0) is 9.53 Å². The lowest BCUT2D eigenvalue weighted by Crippen LogP contribution is -1.88. The zero-order valence-electron chi connectivity index (χ0n) is 8.50. The van der Waals surface area contributed by atoms with Gasteiger partial charge in [-0.3, -0.25) is 4.79 Å². The minimum Gasteiger partial charge on any atom is -0.469 e. The quantitative estimate of drug-likeness (QED) is 0.535. The minimum absolute atomic E-state index is 0.167. The largest absolute Gasteiger partial charge is 0.469 e. The van der Waals surface area contributed by atoms with Crippen LogP contribution in [0.4, 0.5) is 0 Å². The fourth-order valence-corrected chi connectivity index (χ4v) is 0. The van der Waals surface area contributed by atoms with E-state index in [1.165, 1.54) is 14.0 Å². The van der Waals surface area contributed by atoms with Crippen molar-refractivity contribution in [1.82, 2.24) is 0 Å². The predicted molar refractivity (Wildman–Crippen MR) is 47.8 cm³/mol. The van der Waals surface area contributed by atoms with E-state index in [0.717, 1.165) is 0 Å². The Labute approximate surface area is 74.2 Å². The third-order valence-corrected chi connectivity index (χ3v) is 0.287. The number of rotatable bonds is 0. The molecule has 0 radical (unpaired) electrons. The number of carbonyl (C=O) groups is 1. The van der Waals surface area contributed by atoms with Gasteiger partial charge in [0, 0.05) is 19.6 Å². The van der Waals surface area contributed by atoms with Crippen LogP contribution in [0, 0.1) is 0 Å². The molecule has 0 aromatic rings. The number of carbonyl (C=O) groups excluding carboxylic acids is 1. The van der Waals surface area contributed by atoms with E-state index in [9.17, 15) is 4.79 Å². The Hall–Kier alpha value is -0.610.